The molecule has 214 valence electrons. The maximum absolute atomic E-state index is 9.81. The first-order valence-electron chi connectivity index (χ1n) is 14.8. The van der Waals surface area contributed by atoms with Crippen molar-refractivity contribution in [2.24, 2.45) is 49.2 Å². The summed E-state index contributed by atoms with van der Waals surface area (Å²) in [6, 6.07) is 0. The van der Waals surface area contributed by atoms with Gasteiger partial charge >= 0.3 is 0 Å². The van der Waals surface area contributed by atoms with Crippen molar-refractivity contribution in [3.63, 3.8) is 0 Å². The summed E-state index contributed by atoms with van der Waals surface area (Å²) in [7, 11) is 0. The molecule has 0 aromatic rings. The standard InChI is InChI=1S/C18H34.C8H14.C5H12.C4H8O/c1-12-13(2,3)18(11)15(6,7)14(4,5)17(12,10)16(18,8)9;1-8(2)6-4-3-5-7-8;1-5(2,3)4;1-3-4(2)5/h12H,1-11H3;4,6H,3,5,7H2,1-2H3;1-4H3;3H2,1-2H3. The van der Waals surface area contributed by atoms with Gasteiger partial charge in [0.1, 0.15) is 5.78 Å². The second-order valence-electron chi connectivity index (χ2n) is 17.0. The zero-order chi connectivity index (χ0) is 29.4. The summed E-state index contributed by atoms with van der Waals surface area (Å²) >= 11 is 0. The molecule has 0 aliphatic heterocycles. The van der Waals surface area contributed by atoms with Crippen LogP contribution < -0.4 is 0 Å². The van der Waals surface area contributed by atoms with Crippen molar-refractivity contribution >= 4 is 5.78 Å². The van der Waals surface area contributed by atoms with Crippen LogP contribution in [-0.2, 0) is 4.79 Å². The molecule has 36 heavy (non-hydrogen) atoms. The van der Waals surface area contributed by atoms with Gasteiger partial charge in [0.15, 0.2) is 0 Å². The highest BCUT2D eigenvalue weighted by Crippen LogP contribution is 2.90. The average molecular weight is 505 g/mol. The molecule has 2 saturated carbocycles. The molecule has 3 aliphatic rings. The van der Waals surface area contributed by atoms with Crippen LogP contribution in [-0.4, -0.2) is 5.78 Å². The highest BCUT2D eigenvalue weighted by molar-refractivity contribution is 5.74. The van der Waals surface area contributed by atoms with E-state index in [1.165, 1.54) is 19.3 Å². The maximum atomic E-state index is 9.81. The molecule has 0 N–H and O–H groups in total. The van der Waals surface area contributed by atoms with E-state index in [-0.39, 0.29) is 5.78 Å². The molecule has 0 heterocycles. The molecule has 1 nitrogen and oxygen atoms in total. The Hall–Kier alpha value is -0.590. The molecule has 3 rings (SSSR count). The largest absolute Gasteiger partial charge is 0.300 e. The molecule has 0 saturated heterocycles. The van der Waals surface area contributed by atoms with E-state index in [2.05, 4.69) is 130 Å². The van der Waals surface area contributed by atoms with E-state index in [1.54, 1.807) is 6.92 Å². The molecule has 3 aliphatic carbocycles. The smallest absolute Gasteiger partial charge is 0.129 e. The Balaban J connectivity index is 0.000000560. The Labute approximate surface area is 229 Å². The number of allylic oxidation sites excluding steroid dienone is 2. The molecule has 2 bridgehead atoms. The lowest BCUT2D eigenvalue weighted by Gasteiger charge is -2.63. The minimum atomic E-state index is 0.255. The number of rotatable bonds is 1. The van der Waals surface area contributed by atoms with Crippen molar-refractivity contribution in [3.05, 3.63) is 12.2 Å². The monoisotopic (exact) mass is 505 g/mol. The number of carbonyl (C=O) groups excluding carboxylic acids is 1. The van der Waals surface area contributed by atoms with Crippen LogP contribution in [0.25, 0.3) is 0 Å². The van der Waals surface area contributed by atoms with E-state index in [1.807, 2.05) is 6.92 Å². The average Bonchev–Trinajstić information content (AvgIpc) is 2.81. The van der Waals surface area contributed by atoms with E-state index < -0.39 is 0 Å². The van der Waals surface area contributed by atoms with Crippen LogP contribution in [0.2, 0.25) is 0 Å². The normalized spacial score (nSPS) is 33.7. The number of hydrogen-bond acceptors (Lipinski definition) is 1. The van der Waals surface area contributed by atoms with Gasteiger partial charge in [-0.25, -0.2) is 0 Å². The zero-order valence-electron chi connectivity index (χ0n) is 28.5. The van der Waals surface area contributed by atoms with E-state index in [4.69, 9.17) is 0 Å². The van der Waals surface area contributed by atoms with Crippen molar-refractivity contribution in [2.75, 3.05) is 0 Å². The highest BCUT2D eigenvalue weighted by atomic mass is 16.1. The van der Waals surface area contributed by atoms with Gasteiger partial charge < -0.3 is 4.79 Å². The Bertz CT molecular complexity index is 761. The third-order valence-electron chi connectivity index (χ3n) is 12.2. The quantitative estimate of drug-likeness (QED) is 0.324. The third kappa shape index (κ3) is 5.86. The summed E-state index contributed by atoms with van der Waals surface area (Å²) in [4.78, 5) is 9.81. The van der Waals surface area contributed by atoms with Gasteiger partial charge in [-0.1, -0.05) is 137 Å². The van der Waals surface area contributed by atoms with Crippen molar-refractivity contribution in [1.82, 2.24) is 0 Å². The van der Waals surface area contributed by atoms with Crippen molar-refractivity contribution in [1.29, 1.82) is 0 Å². The Morgan fingerprint density at radius 2 is 1.19 bits per heavy atom. The highest BCUT2D eigenvalue weighted by Gasteiger charge is 2.85. The van der Waals surface area contributed by atoms with E-state index in [9.17, 15) is 4.79 Å². The van der Waals surface area contributed by atoms with Crippen molar-refractivity contribution in [3.8, 4) is 0 Å². The molecule has 1 heteroatoms. The minimum absolute atomic E-state index is 0.255. The molecule has 2 fully saturated rings. The molecule has 0 aromatic heterocycles. The topological polar surface area (TPSA) is 17.1 Å². The maximum Gasteiger partial charge on any atom is 0.129 e. The fraction of sp³-hybridized carbons (Fsp3) is 0.914. The van der Waals surface area contributed by atoms with Crippen molar-refractivity contribution < 1.29 is 4.79 Å². The van der Waals surface area contributed by atoms with E-state index in [0.717, 1.165) is 5.92 Å². The lowest BCUT2D eigenvalue weighted by Crippen LogP contribution is -2.57. The van der Waals surface area contributed by atoms with Gasteiger partial charge in [-0.3, -0.25) is 0 Å². The summed E-state index contributed by atoms with van der Waals surface area (Å²) in [6.45, 7) is 44.6. The fourth-order valence-corrected chi connectivity index (χ4v) is 8.37. The predicted molar refractivity (Wildman–Crippen MR) is 163 cm³/mol. The molecule has 3 unspecified atom stereocenters. The predicted octanol–water partition coefficient (Wildman–Crippen LogP) is 11.6. The first-order chi connectivity index (χ1) is 15.6. The number of hydrogen-bond donors (Lipinski definition) is 0. The second-order valence-corrected chi connectivity index (χ2v) is 17.0. The van der Waals surface area contributed by atoms with Crippen LogP contribution in [0.15, 0.2) is 12.2 Å². The van der Waals surface area contributed by atoms with Gasteiger partial charge in [0, 0.05) is 6.42 Å². The van der Waals surface area contributed by atoms with E-state index >= 15 is 0 Å². The number of fused-ring (bicyclic) bond motifs is 2. The number of carbonyl (C=O) groups is 1. The molecular weight excluding hydrogens is 436 g/mol. The van der Waals surface area contributed by atoms with Gasteiger partial charge in [-0.2, -0.15) is 0 Å². The lowest BCUT2D eigenvalue weighted by atomic mass is 9.42. The fourth-order valence-electron chi connectivity index (χ4n) is 8.37. The Morgan fingerprint density at radius 1 is 0.806 bits per heavy atom. The molecule has 0 radical (unpaired) electrons. The van der Waals surface area contributed by atoms with Crippen LogP contribution in [0.5, 0.6) is 0 Å². The third-order valence-corrected chi connectivity index (χ3v) is 12.2. The van der Waals surface area contributed by atoms with Crippen LogP contribution in [0.1, 0.15) is 157 Å². The number of Topliss-reactive ketones (excluding diaryl/α,β-unsaturated/α-hetero) is 1. The summed E-state index contributed by atoms with van der Waals surface area (Å²) in [5.41, 5.74) is 3.24. The van der Waals surface area contributed by atoms with Gasteiger partial charge in [-0.15, -0.1) is 0 Å². The molecule has 3 atom stereocenters. The summed E-state index contributed by atoms with van der Waals surface area (Å²) in [6.07, 6.45) is 9.33. The van der Waals surface area contributed by atoms with Gasteiger partial charge in [0.2, 0.25) is 0 Å². The summed E-state index contributed by atoms with van der Waals surface area (Å²) in [5.74, 6) is 1.01. The first-order valence-corrected chi connectivity index (χ1v) is 14.8. The Morgan fingerprint density at radius 3 is 1.39 bits per heavy atom. The van der Waals surface area contributed by atoms with Crippen molar-refractivity contribution in [2.45, 2.75) is 157 Å². The van der Waals surface area contributed by atoms with Crippen LogP contribution >= 0.6 is 0 Å². The summed E-state index contributed by atoms with van der Waals surface area (Å²) < 4.78 is 0. The zero-order valence-corrected chi connectivity index (χ0v) is 28.5. The first kappa shape index (κ1) is 35.4. The SMILES string of the molecule is CC(C)(C)C.CC1(C)C=CCCC1.CC1C(C)(C)C2(C)C(C)(C)C(C)(C)C1(C)C2(C)C.CCC(C)=O. The van der Waals surface area contributed by atoms with Gasteiger partial charge in [-0.05, 0) is 75.4 Å². The molecule has 0 aromatic carbocycles. The van der Waals surface area contributed by atoms with Crippen LogP contribution in [0.3, 0.4) is 0 Å². The Kier molecular flexibility index (Phi) is 10.7. The van der Waals surface area contributed by atoms with E-state index in [0.29, 0.717) is 49.7 Å². The van der Waals surface area contributed by atoms with Gasteiger partial charge in [0.25, 0.3) is 0 Å². The number of ketones is 1. The molecular formula is C35H68O. The minimum Gasteiger partial charge on any atom is -0.300 e. The summed E-state index contributed by atoms with van der Waals surface area (Å²) in [5, 5.41) is 0. The second kappa shape index (κ2) is 10.9. The van der Waals surface area contributed by atoms with Crippen LogP contribution in [0, 0.1) is 49.2 Å². The molecule has 0 spiro atoms. The van der Waals surface area contributed by atoms with Crippen LogP contribution in [0.4, 0.5) is 0 Å². The molecule has 0 amide bonds. The van der Waals surface area contributed by atoms with Gasteiger partial charge in [0.05, 0.1) is 0 Å². The lowest BCUT2D eigenvalue weighted by molar-refractivity contribution is -0.149.